The lowest BCUT2D eigenvalue weighted by Crippen LogP contribution is -2.12. The molecule has 4 nitrogen and oxygen atoms in total. The average molecular weight is 252 g/mol. The molecule has 1 heterocycles. The van der Waals surface area contributed by atoms with Gasteiger partial charge in [-0.05, 0) is 30.2 Å². The van der Waals surface area contributed by atoms with Crippen LogP contribution < -0.4 is 9.64 Å². The van der Waals surface area contributed by atoms with Crippen LogP contribution in [0.25, 0.3) is 10.9 Å². The van der Waals surface area contributed by atoms with Crippen LogP contribution in [0.15, 0.2) is 12.1 Å². The van der Waals surface area contributed by atoms with Crippen molar-refractivity contribution in [3.8, 4) is 5.75 Å². The molecule has 1 aromatic carbocycles. The number of anilines is 1. The van der Waals surface area contributed by atoms with E-state index in [0.29, 0.717) is 5.75 Å². The first-order valence-electron chi connectivity index (χ1n) is 5.22. The van der Waals surface area contributed by atoms with E-state index in [2.05, 4.69) is 9.97 Å². The SMILES string of the molecule is COc1ccc(C)c2c(N(C)C)nc(Cl)nc12. The fraction of sp³-hybridized carbons (Fsp3) is 0.333. The largest absolute Gasteiger partial charge is 0.494 e. The van der Waals surface area contributed by atoms with Crippen molar-refractivity contribution in [2.45, 2.75) is 6.92 Å². The van der Waals surface area contributed by atoms with Crippen LogP contribution in [-0.4, -0.2) is 31.2 Å². The quantitative estimate of drug-likeness (QED) is 0.770. The van der Waals surface area contributed by atoms with E-state index in [1.807, 2.05) is 38.1 Å². The minimum absolute atomic E-state index is 0.227. The standard InChI is InChI=1S/C12H14ClN3O/c1-7-5-6-8(17-4)10-9(7)11(16(2)3)15-12(13)14-10/h5-6H,1-4H3. The number of aromatic nitrogens is 2. The van der Waals surface area contributed by atoms with E-state index in [-0.39, 0.29) is 5.28 Å². The third-order valence-electron chi connectivity index (χ3n) is 2.62. The van der Waals surface area contributed by atoms with Crippen molar-refractivity contribution in [2.24, 2.45) is 0 Å². The maximum Gasteiger partial charge on any atom is 0.225 e. The Morgan fingerprint density at radius 3 is 2.53 bits per heavy atom. The van der Waals surface area contributed by atoms with Crippen LogP contribution in [0.4, 0.5) is 5.82 Å². The molecule has 2 aromatic rings. The van der Waals surface area contributed by atoms with Crippen molar-refractivity contribution in [3.63, 3.8) is 0 Å². The number of nitrogens with zero attached hydrogens (tertiary/aromatic N) is 3. The monoisotopic (exact) mass is 251 g/mol. The van der Waals surface area contributed by atoms with Gasteiger partial charge in [-0.3, -0.25) is 0 Å². The summed E-state index contributed by atoms with van der Waals surface area (Å²) in [5.74, 6) is 1.51. The highest BCUT2D eigenvalue weighted by Crippen LogP contribution is 2.32. The minimum atomic E-state index is 0.227. The third kappa shape index (κ3) is 2.00. The van der Waals surface area contributed by atoms with Gasteiger partial charge in [0.15, 0.2) is 0 Å². The summed E-state index contributed by atoms with van der Waals surface area (Å²) >= 11 is 5.94. The van der Waals surface area contributed by atoms with Crippen LogP contribution >= 0.6 is 11.6 Å². The van der Waals surface area contributed by atoms with Gasteiger partial charge >= 0.3 is 0 Å². The molecule has 0 saturated heterocycles. The number of hydrogen-bond donors (Lipinski definition) is 0. The summed E-state index contributed by atoms with van der Waals surface area (Å²) in [6.45, 7) is 2.02. The molecule has 0 aliphatic rings. The second kappa shape index (κ2) is 4.37. The Labute approximate surface area is 105 Å². The van der Waals surface area contributed by atoms with Gasteiger partial charge in [0, 0.05) is 19.5 Å². The molecule has 0 radical (unpaired) electrons. The zero-order chi connectivity index (χ0) is 12.6. The summed E-state index contributed by atoms with van der Waals surface area (Å²) < 4.78 is 5.30. The number of benzene rings is 1. The van der Waals surface area contributed by atoms with Crippen molar-refractivity contribution in [1.82, 2.24) is 9.97 Å². The zero-order valence-corrected chi connectivity index (χ0v) is 11.0. The molecule has 17 heavy (non-hydrogen) atoms. The molecule has 0 atom stereocenters. The number of hydrogen-bond acceptors (Lipinski definition) is 4. The van der Waals surface area contributed by atoms with E-state index in [1.165, 1.54) is 0 Å². The lowest BCUT2D eigenvalue weighted by molar-refractivity contribution is 0.419. The molecule has 0 unspecified atom stereocenters. The van der Waals surface area contributed by atoms with Gasteiger partial charge < -0.3 is 9.64 Å². The molecule has 0 bridgehead atoms. The van der Waals surface area contributed by atoms with E-state index in [1.54, 1.807) is 7.11 Å². The van der Waals surface area contributed by atoms with Crippen LogP contribution in [0, 0.1) is 6.92 Å². The molecular weight excluding hydrogens is 238 g/mol. The Morgan fingerprint density at radius 2 is 1.94 bits per heavy atom. The normalized spacial score (nSPS) is 10.6. The average Bonchev–Trinajstić information content (AvgIpc) is 2.28. The van der Waals surface area contributed by atoms with Gasteiger partial charge in [-0.1, -0.05) is 6.07 Å². The Kier molecular flexibility index (Phi) is 3.07. The van der Waals surface area contributed by atoms with Crippen LogP contribution in [0.1, 0.15) is 5.56 Å². The summed E-state index contributed by atoms with van der Waals surface area (Å²) in [6.07, 6.45) is 0. The van der Waals surface area contributed by atoms with E-state index >= 15 is 0 Å². The van der Waals surface area contributed by atoms with E-state index < -0.39 is 0 Å². The molecule has 0 amide bonds. The third-order valence-corrected chi connectivity index (χ3v) is 2.79. The summed E-state index contributed by atoms with van der Waals surface area (Å²) in [4.78, 5) is 10.4. The van der Waals surface area contributed by atoms with E-state index in [9.17, 15) is 0 Å². The van der Waals surface area contributed by atoms with E-state index in [4.69, 9.17) is 16.3 Å². The van der Waals surface area contributed by atoms with Crippen molar-refractivity contribution in [2.75, 3.05) is 26.1 Å². The topological polar surface area (TPSA) is 38.2 Å². The fourth-order valence-corrected chi connectivity index (χ4v) is 1.98. The molecule has 2 rings (SSSR count). The van der Waals surface area contributed by atoms with Gasteiger partial charge in [0.05, 0.1) is 7.11 Å². The van der Waals surface area contributed by atoms with Gasteiger partial charge in [0.1, 0.15) is 17.1 Å². The van der Waals surface area contributed by atoms with Gasteiger partial charge in [-0.25, -0.2) is 4.98 Å². The molecule has 1 aromatic heterocycles. The molecule has 0 N–H and O–H groups in total. The Bertz CT molecular complexity index is 569. The first-order valence-corrected chi connectivity index (χ1v) is 5.60. The van der Waals surface area contributed by atoms with Crippen molar-refractivity contribution >= 4 is 28.3 Å². The Balaban J connectivity index is 2.92. The van der Waals surface area contributed by atoms with Crippen molar-refractivity contribution < 1.29 is 4.74 Å². The summed E-state index contributed by atoms with van der Waals surface area (Å²) in [5.41, 5.74) is 1.84. The van der Waals surface area contributed by atoms with Crippen LogP contribution in [0.2, 0.25) is 5.28 Å². The van der Waals surface area contributed by atoms with Gasteiger partial charge in [-0.2, -0.15) is 4.98 Å². The second-order valence-corrected chi connectivity index (χ2v) is 4.36. The van der Waals surface area contributed by atoms with E-state index in [0.717, 1.165) is 22.3 Å². The molecule has 90 valence electrons. The smallest absolute Gasteiger partial charge is 0.225 e. The molecule has 5 heteroatoms. The van der Waals surface area contributed by atoms with Gasteiger partial charge in [0.2, 0.25) is 5.28 Å². The summed E-state index contributed by atoms with van der Waals surface area (Å²) in [7, 11) is 5.48. The number of rotatable bonds is 2. The van der Waals surface area contributed by atoms with Crippen molar-refractivity contribution in [3.05, 3.63) is 23.0 Å². The summed E-state index contributed by atoms with van der Waals surface area (Å²) in [6, 6.07) is 3.88. The predicted octanol–water partition coefficient (Wildman–Crippen LogP) is 2.67. The molecule has 0 aliphatic heterocycles. The first kappa shape index (κ1) is 11.9. The number of halogens is 1. The highest BCUT2D eigenvalue weighted by atomic mass is 35.5. The number of aryl methyl sites for hydroxylation is 1. The number of fused-ring (bicyclic) bond motifs is 1. The maximum absolute atomic E-state index is 5.94. The second-order valence-electron chi connectivity index (χ2n) is 4.02. The van der Waals surface area contributed by atoms with Crippen molar-refractivity contribution in [1.29, 1.82) is 0 Å². The molecule has 0 spiro atoms. The highest BCUT2D eigenvalue weighted by Gasteiger charge is 2.14. The Morgan fingerprint density at radius 1 is 1.24 bits per heavy atom. The van der Waals surface area contributed by atoms with Gasteiger partial charge in [0.25, 0.3) is 0 Å². The predicted molar refractivity (Wildman–Crippen MR) is 70.2 cm³/mol. The van der Waals surface area contributed by atoms with Gasteiger partial charge in [-0.15, -0.1) is 0 Å². The number of ether oxygens (including phenoxy) is 1. The maximum atomic E-state index is 5.94. The molecule has 0 saturated carbocycles. The molecule has 0 fully saturated rings. The Hall–Kier alpha value is -1.55. The molecular formula is C12H14ClN3O. The minimum Gasteiger partial charge on any atom is -0.494 e. The number of methoxy groups -OCH3 is 1. The zero-order valence-electron chi connectivity index (χ0n) is 10.3. The molecule has 0 aliphatic carbocycles. The van der Waals surface area contributed by atoms with Crippen LogP contribution in [-0.2, 0) is 0 Å². The lowest BCUT2D eigenvalue weighted by Gasteiger charge is -2.16. The van der Waals surface area contributed by atoms with Crippen LogP contribution in [0.3, 0.4) is 0 Å². The highest BCUT2D eigenvalue weighted by molar-refractivity contribution is 6.29. The van der Waals surface area contributed by atoms with Crippen LogP contribution in [0.5, 0.6) is 5.75 Å². The fourth-order valence-electron chi connectivity index (χ4n) is 1.82. The lowest BCUT2D eigenvalue weighted by atomic mass is 10.1. The summed E-state index contributed by atoms with van der Waals surface area (Å²) in [5, 5.41) is 1.20. The first-order chi connectivity index (χ1) is 8.04.